The SMILES string of the molecule is Cc1cc(OCC2(C)COC2)cc(C)c1-c1cc(COc2ccc(CCC(=O)O)c(F)c2)ccc1OC(C)C. The molecular formula is C32H37FO6. The molecule has 4 rings (SSSR count). The number of aryl methyl sites for hydroxylation is 3. The van der Waals surface area contributed by atoms with Gasteiger partial charge in [0.15, 0.2) is 0 Å². The molecule has 0 radical (unpaired) electrons. The molecule has 0 spiro atoms. The minimum absolute atomic E-state index is 0.00197. The highest BCUT2D eigenvalue weighted by Gasteiger charge is 2.34. The van der Waals surface area contributed by atoms with Gasteiger partial charge in [-0.25, -0.2) is 4.39 Å². The third kappa shape index (κ3) is 7.30. The van der Waals surface area contributed by atoms with Gasteiger partial charge in [-0.1, -0.05) is 19.1 Å². The normalized spacial score (nSPS) is 14.1. The average molecular weight is 537 g/mol. The molecule has 1 aliphatic heterocycles. The minimum Gasteiger partial charge on any atom is -0.493 e. The van der Waals surface area contributed by atoms with E-state index in [2.05, 4.69) is 39.0 Å². The fourth-order valence-electron chi connectivity index (χ4n) is 4.67. The van der Waals surface area contributed by atoms with Gasteiger partial charge in [-0.2, -0.15) is 0 Å². The van der Waals surface area contributed by atoms with Gasteiger partial charge in [0.25, 0.3) is 0 Å². The third-order valence-electron chi connectivity index (χ3n) is 6.71. The van der Waals surface area contributed by atoms with Crippen molar-refractivity contribution in [1.29, 1.82) is 0 Å². The Hall–Kier alpha value is -3.58. The first-order chi connectivity index (χ1) is 18.5. The molecule has 1 heterocycles. The maximum atomic E-state index is 14.4. The largest absolute Gasteiger partial charge is 0.493 e. The number of carboxylic acid groups (broad SMARTS) is 1. The Balaban J connectivity index is 1.55. The summed E-state index contributed by atoms with van der Waals surface area (Å²) in [4.78, 5) is 10.8. The zero-order chi connectivity index (χ0) is 28.2. The Morgan fingerprint density at radius 2 is 1.74 bits per heavy atom. The summed E-state index contributed by atoms with van der Waals surface area (Å²) in [6.07, 6.45) is 0.0192. The lowest BCUT2D eigenvalue weighted by atomic mass is 9.90. The van der Waals surface area contributed by atoms with Crippen LogP contribution in [0.2, 0.25) is 0 Å². The standard InChI is InChI=1S/C32H37FO6/c1-20(2)39-29-10-6-23(16-37-25-9-7-24(28(33)15-25)8-11-30(34)35)14-27(29)31-21(3)12-26(13-22(31)4)38-19-32(5)17-36-18-32/h6-7,9-10,12-15,20H,8,11,16-19H2,1-5H3,(H,34,35). The quantitative estimate of drug-likeness (QED) is 0.271. The second-order valence-corrected chi connectivity index (χ2v) is 11.0. The lowest BCUT2D eigenvalue weighted by molar-refractivity contribution is -0.136. The smallest absolute Gasteiger partial charge is 0.303 e. The molecule has 7 heteroatoms. The van der Waals surface area contributed by atoms with Crippen LogP contribution in [0.5, 0.6) is 17.2 Å². The van der Waals surface area contributed by atoms with Crippen molar-refractivity contribution in [1.82, 2.24) is 0 Å². The Morgan fingerprint density at radius 1 is 1.03 bits per heavy atom. The molecule has 0 saturated carbocycles. The molecule has 39 heavy (non-hydrogen) atoms. The van der Waals surface area contributed by atoms with Crippen LogP contribution in [0.4, 0.5) is 4.39 Å². The van der Waals surface area contributed by atoms with Gasteiger partial charge in [-0.3, -0.25) is 4.79 Å². The summed E-state index contributed by atoms with van der Waals surface area (Å²) in [5.41, 5.74) is 5.52. The fraction of sp³-hybridized carbons (Fsp3) is 0.406. The van der Waals surface area contributed by atoms with Gasteiger partial charge in [0.05, 0.1) is 25.9 Å². The summed E-state index contributed by atoms with van der Waals surface area (Å²) in [5, 5.41) is 8.85. The van der Waals surface area contributed by atoms with E-state index in [4.69, 9.17) is 24.1 Å². The van der Waals surface area contributed by atoms with Gasteiger partial charge >= 0.3 is 5.97 Å². The number of hydrogen-bond donors (Lipinski definition) is 1. The van der Waals surface area contributed by atoms with Crippen LogP contribution in [-0.4, -0.2) is 37.0 Å². The molecule has 0 aliphatic carbocycles. The molecule has 3 aromatic rings. The van der Waals surface area contributed by atoms with Gasteiger partial charge in [0.2, 0.25) is 0 Å². The number of carbonyl (C=O) groups is 1. The Morgan fingerprint density at radius 3 is 2.33 bits per heavy atom. The van der Waals surface area contributed by atoms with E-state index in [0.717, 1.165) is 52.5 Å². The first-order valence-corrected chi connectivity index (χ1v) is 13.3. The molecule has 0 bridgehead atoms. The van der Waals surface area contributed by atoms with Crippen molar-refractivity contribution in [3.63, 3.8) is 0 Å². The first-order valence-electron chi connectivity index (χ1n) is 13.3. The highest BCUT2D eigenvalue weighted by Crippen LogP contribution is 2.39. The van der Waals surface area contributed by atoms with Crippen LogP contribution in [0, 0.1) is 25.1 Å². The number of rotatable bonds is 12. The Labute approximate surface area is 229 Å². The van der Waals surface area contributed by atoms with Crippen LogP contribution in [0.1, 0.15) is 49.4 Å². The summed E-state index contributed by atoms with van der Waals surface area (Å²) in [6.45, 7) is 12.6. The molecule has 1 fully saturated rings. The van der Waals surface area contributed by atoms with Crippen molar-refractivity contribution in [2.45, 2.75) is 60.2 Å². The Bertz CT molecular complexity index is 1310. The highest BCUT2D eigenvalue weighted by molar-refractivity contribution is 5.77. The molecule has 0 unspecified atom stereocenters. The molecule has 1 aliphatic rings. The molecule has 208 valence electrons. The number of halogens is 1. The molecule has 6 nitrogen and oxygen atoms in total. The van der Waals surface area contributed by atoms with Crippen LogP contribution in [0.15, 0.2) is 48.5 Å². The van der Waals surface area contributed by atoms with Crippen LogP contribution >= 0.6 is 0 Å². The predicted octanol–water partition coefficient (Wildman–Crippen LogP) is 6.91. The zero-order valence-electron chi connectivity index (χ0n) is 23.3. The van der Waals surface area contributed by atoms with Crippen molar-refractivity contribution >= 4 is 5.97 Å². The zero-order valence-corrected chi connectivity index (χ0v) is 23.3. The van der Waals surface area contributed by atoms with E-state index >= 15 is 0 Å². The van der Waals surface area contributed by atoms with Crippen LogP contribution in [0.3, 0.4) is 0 Å². The average Bonchev–Trinajstić information content (AvgIpc) is 2.85. The number of ether oxygens (including phenoxy) is 4. The molecule has 0 amide bonds. The van der Waals surface area contributed by atoms with Crippen LogP contribution in [0.25, 0.3) is 11.1 Å². The van der Waals surface area contributed by atoms with Crippen LogP contribution in [-0.2, 0) is 22.6 Å². The van der Waals surface area contributed by atoms with Crippen molar-refractivity contribution in [2.24, 2.45) is 5.41 Å². The van der Waals surface area contributed by atoms with Gasteiger partial charge in [0, 0.05) is 23.5 Å². The van der Waals surface area contributed by atoms with Gasteiger partial charge in [-0.15, -0.1) is 0 Å². The van der Waals surface area contributed by atoms with Crippen molar-refractivity contribution in [3.8, 4) is 28.4 Å². The van der Waals surface area contributed by atoms with Crippen molar-refractivity contribution < 1.29 is 33.2 Å². The van der Waals surface area contributed by atoms with E-state index in [1.165, 1.54) is 6.07 Å². The van der Waals surface area contributed by atoms with Gasteiger partial charge in [0.1, 0.15) is 29.7 Å². The molecule has 3 aromatic carbocycles. The summed E-state index contributed by atoms with van der Waals surface area (Å²) in [5.74, 6) is 0.571. The lowest BCUT2D eigenvalue weighted by Gasteiger charge is -2.37. The molecule has 1 saturated heterocycles. The lowest BCUT2D eigenvalue weighted by Crippen LogP contribution is -2.44. The van der Waals surface area contributed by atoms with Crippen molar-refractivity contribution in [3.05, 3.63) is 76.6 Å². The van der Waals surface area contributed by atoms with E-state index < -0.39 is 11.8 Å². The Kier molecular flexibility index (Phi) is 8.80. The van der Waals surface area contributed by atoms with Gasteiger partial charge in [-0.05, 0) is 92.3 Å². The van der Waals surface area contributed by atoms with Gasteiger partial charge < -0.3 is 24.1 Å². The number of aliphatic carboxylic acids is 1. The fourth-order valence-corrected chi connectivity index (χ4v) is 4.67. The summed E-state index contributed by atoms with van der Waals surface area (Å²) in [6, 6.07) is 14.6. The molecular weight excluding hydrogens is 499 g/mol. The molecule has 0 aromatic heterocycles. The van der Waals surface area contributed by atoms with Crippen LogP contribution < -0.4 is 14.2 Å². The highest BCUT2D eigenvalue weighted by atomic mass is 19.1. The summed E-state index contributed by atoms with van der Waals surface area (Å²) >= 11 is 0. The summed E-state index contributed by atoms with van der Waals surface area (Å²) in [7, 11) is 0. The molecule has 1 N–H and O–H groups in total. The van der Waals surface area contributed by atoms with E-state index in [1.807, 2.05) is 26.0 Å². The number of hydrogen-bond acceptors (Lipinski definition) is 5. The maximum Gasteiger partial charge on any atom is 0.303 e. The van der Waals surface area contributed by atoms with E-state index in [0.29, 0.717) is 17.9 Å². The topological polar surface area (TPSA) is 74.2 Å². The third-order valence-corrected chi connectivity index (χ3v) is 6.71. The number of carboxylic acids is 1. The predicted molar refractivity (Wildman–Crippen MR) is 148 cm³/mol. The van der Waals surface area contributed by atoms with E-state index in [-0.39, 0.29) is 31.0 Å². The van der Waals surface area contributed by atoms with Crippen molar-refractivity contribution in [2.75, 3.05) is 19.8 Å². The first kappa shape index (κ1) is 28.4. The maximum absolute atomic E-state index is 14.4. The number of benzene rings is 3. The minimum atomic E-state index is -0.957. The second kappa shape index (κ2) is 12.1. The van der Waals surface area contributed by atoms with E-state index in [1.54, 1.807) is 12.1 Å². The summed E-state index contributed by atoms with van der Waals surface area (Å²) < 4.78 is 38.0. The van der Waals surface area contributed by atoms with E-state index in [9.17, 15) is 9.18 Å². The molecule has 0 atom stereocenters. The monoisotopic (exact) mass is 536 g/mol. The second-order valence-electron chi connectivity index (χ2n) is 11.0.